The third-order valence-electron chi connectivity index (χ3n) is 3.53. The molecule has 0 fully saturated rings. The van der Waals surface area contributed by atoms with E-state index in [1.54, 1.807) is 0 Å². The topological polar surface area (TPSA) is 4.93 Å². The molecule has 0 N–H and O–H groups in total. The van der Waals surface area contributed by atoms with E-state index in [2.05, 4.69) is 73.1 Å². The Bertz CT molecular complexity index is 692. The van der Waals surface area contributed by atoms with Gasteiger partial charge in [-0.05, 0) is 48.1 Å². The maximum Gasteiger partial charge on any atom is 0.0486 e. The number of aryl methyl sites for hydroxylation is 2. The molecule has 0 radical (unpaired) electrons. The highest BCUT2D eigenvalue weighted by Gasteiger charge is 2.03. The third kappa shape index (κ3) is 1.92. The van der Waals surface area contributed by atoms with Gasteiger partial charge in [0, 0.05) is 18.3 Å². The van der Waals surface area contributed by atoms with Crippen LogP contribution in [0.1, 0.15) is 16.7 Å². The molecule has 1 aromatic heterocycles. The van der Waals surface area contributed by atoms with Crippen molar-refractivity contribution in [1.29, 1.82) is 0 Å². The van der Waals surface area contributed by atoms with E-state index in [-0.39, 0.29) is 0 Å². The van der Waals surface area contributed by atoms with Crippen molar-refractivity contribution in [3.8, 4) is 0 Å². The minimum Gasteiger partial charge on any atom is -0.343 e. The molecule has 3 rings (SSSR count). The standard InChI is InChI=1S/C17H17N/c1-13-7-8-15-9-10-18(17(15)11-13)12-16-6-4-3-5-14(16)2/h3-11H,12H2,1-2H3. The molecule has 0 aliphatic rings. The fourth-order valence-electron chi connectivity index (χ4n) is 2.40. The lowest BCUT2D eigenvalue weighted by atomic mass is 10.1. The zero-order valence-corrected chi connectivity index (χ0v) is 10.9. The van der Waals surface area contributed by atoms with Crippen molar-refractivity contribution in [2.75, 3.05) is 0 Å². The fourth-order valence-corrected chi connectivity index (χ4v) is 2.40. The second-order valence-electron chi connectivity index (χ2n) is 4.93. The summed E-state index contributed by atoms with van der Waals surface area (Å²) in [4.78, 5) is 0. The Morgan fingerprint density at radius 2 is 1.78 bits per heavy atom. The molecule has 3 aromatic rings. The van der Waals surface area contributed by atoms with E-state index in [1.165, 1.54) is 27.6 Å². The number of rotatable bonds is 2. The predicted octanol–water partition coefficient (Wildman–Crippen LogP) is 4.31. The second kappa shape index (κ2) is 4.34. The summed E-state index contributed by atoms with van der Waals surface area (Å²) >= 11 is 0. The van der Waals surface area contributed by atoms with Crippen LogP contribution in [0.25, 0.3) is 10.9 Å². The van der Waals surface area contributed by atoms with E-state index in [1.807, 2.05) is 0 Å². The van der Waals surface area contributed by atoms with Crippen LogP contribution in [-0.4, -0.2) is 4.57 Å². The van der Waals surface area contributed by atoms with Gasteiger partial charge in [0.15, 0.2) is 0 Å². The first-order valence-electron chi connectivity index (χ1n) is 6.34. The summed E-state index contributed by atoms with van der Waals surface area (Å²) in [6.07, 6.45) is 2.18. The molecule has 0 spiro atoms. The molecule has 1 heterocycles. The molecule has 0 bridgehead atoms. The van der Waals surface area contributed by atoms with E-state index in [0.29, 0.717) is 0 Å². The Hall–Kier alpha value is -2.02. The van der Waals surface area contributed by atoms with Crippen molar-refractivity contribution >= 4 is 10.9 Å². The van der Waals surface area contributed by atoms with Crippen LogP contribution in [0.15, 0.2) is 54.7 Å². The molecular weight excluding hydrogens is 218 g/mol. The highest BCUT2D eigenvalue weighted by molar-refractivity contribution is 5.80. The zero-order valence-electron chi connectivity index (χ0n) is 10.9. The lowest BCUT2D eigenvalue weighted by Crippen LogP contribution is -1.99. The van der Waals surface area contributed by atoms with Gasteiger partial charge >= 0.3 is 0 Å². The van der Waals surface area contributed by atoms with Gasteiger partial charge in [0.25, 0.3) is 0 Å². The largest absolute Gasteiger partial charge is 0.343 e. The van der Waals surface area contributed by atoms with Gasteiger partial charge in [-0.1, -0.05) is 36.4 Å². The summed E-state index contributed by atoms with van der Waals surface area (Å²) < 4.78 is 2.32. The highest BCUT2D eigenvalue weighted by Crippen LogP contribution is 2.19. The SMILES string of the molecule is Cc1ccc2ccn(Cc3ccccc3C)c2c1. The molecule has 2 aromatic carbocycles. The number of aromatic nitrogens is 1. The van der Waals surface area contributed by atoms with Crippen molar-refractivity contribution in [1.82, 2.24) is 4.57 Å². The smallest absolute Gasteiger partial charge is 0.0486 e. The molecule has 0 atom stereocenters. The maximum absolute atomic E-state index is 2.32. The predicted molar refractivity (Wildman–Crippen MR) is 77.0 cm³/mol. The van der Waals surface area contributed by atoms with Gasteiger partial charge in [-0.25, -0.2) is 0 Å². The molecule has 90 valence electrons. The molecule has 0 aliphatic carbocycles. The normalized spacial score (nSPS) is 11.0. The first kappa shape index (κ1) is 11.1. The van der Waals surface area contributed by atoms with Crippen LogP contribution in [-0.2, 0) is 6.54 Å². The Labute approximate surface area is 108 Å². The van der Waals surface area contributed by atoms with Crippen molar-refractivity contribution in [2.45, 2.75) is 20.4 Å². The third-order valence-corrected chi connectivity index (χ3v) is 3.53. The quantitative estimate of drug-likeness (QED) is 0.624. The number of hydrogen-bond acceptors (Lipinski definition) is 0. The summed E-state index contributed by atoms with van der Waals surface area (Å²) in [5.74, 6) is 0. The lowest BCUT2D eigenvalue weighted by Gasteiger charge is -2.08. The number of benzene rings is 2. The minimum atomic E-state index is 0.944. The summed E-state index contributed by atoms with van der Waals surface area (Å²) in [5.41, 5.74) is 5.37. The van der Waals surface area contributed by atoms with Crippen LogP contribution >= 0.6 is 0 Å². The van der Waals surface area contributed by atoms with Crippen molar-refractivity contribution in [3.05, 3.63) is 71.4 Å². The average molecular weight is 235 g/mol. The molecule has 0 amide bonds. The molecule has 18 heavy (non-hydrogen) atoms. The average Bonchev–Trinajstić information content (AvgIpc) is 2.75. The Kier molecular flexibility index (Phi) is 2.67. The molecule has 0 saturated heterocycles. The van der Waals surface area contributed by atoms with Crippen LogP contribution in [0.5, 0.6) is 0 Å². The second-order valence-corrected chi connectivity index (χ2v) is 4.93. The Morgan fingerprint density at radius 3 is 2.61 bits per heavy atom. The van der Waals surface area contributed by atoms with Gasteiger partial charge in [-0.15, -0.1) is 0 Å². The van der Waals surface area contributed by atoms with Gasteiger partial charge < -0.3 is 4.57 Å². The van der Waals surface area contributed by atoms with E-state index >= 15 is 0 Å². The lowest BCUT2D eigenvalue weighted by molar-refractivity contribution is 0.830. The van der Waals surface area contributed by atoms with Crippen LogP contribution in [0.3, 0.4) is 0 Å². The monoisotopic (exact) mass is 235 g/mol. The van der Waals surface area contributed by atoms with Gasteiger partial charge in [0.2, 0.25) is 0 Å². The van der Waals surface area contributed by atoms with Crippen LogP contribution in [0.2, 0.25) is 0 Å². The van der Waals surface area contributed by atoms with Gasteiger partial charge in [-0.3, -0.25) is 0 Å². The van der Waals surface area contributed by atoms with E-state index in [0.717, 1.165) is 6.54 Å². The Morgan fingerprint density at radius 1 is 0.944 bits per heavy atom. The van der Waals surface area contributed by atoms with Gasteiger partial charge in [0.05, 0.1) is 0 Å². The first-order valence-corrected chi connectivity index (χ1v) is 6.34. The zero-order chi connectivity index (χ0) is 12.5. The molecule has 1 nitrogen and oxygen atoms in total. The van der Waals surface area contributed by atoms with Gasteiger partial charge in [0.1, 0.15) is 0 Å². The van der Waals surface area contributed by atoms with Crippen LogP contribution < -0.4 is 0 Å². The van der Waals surface area contributed by atoms with E-state index in [9.17, 15) is 0 Å². The fraction of sp³-hybridized carbons (Fsp3) is 0.176. The Balaban J connectivity index is 2.05. The molecule has 0 unspecified atom stereocenters. The van der Waals surface area contributed by atoms with Crippen LogP contribution in [0.4, 0.5) is 0 Å². The molecular formula is C17H17N. The maximum atomic E-state index is 2.32. The molecule has 1 heteroatoms. The summed E-state index contributed by atoms with van der Waals surface area (Å²) in [6.45, 7) is 5.26. The van der Waals surface area contributed by atoms with Crippen LogP contribution in [0, 0.1) is 13.8 Å². The molecule has 0 saturated carbocycles. The summed E-state index contributed by atoms with van der Waals surface area (Å²) in [6, 6.07) is 17.4. The van der Waals surface area contributed by atoms with E-state index < -0.39 is 0 Å². The van der Waals surface area contributed by atoms with Crippen molar-refractivity contribution < 1.29 is 0 Å². The number of nitrogens with zero attached hydrogens (tertiary/aromatic N) is 1. The van der Waals surface area contributed by atoms with Crippen molar-refractivity contribution in [2.24, 2.45) is 0 Å². The summed E-state index contributed by atoms with van der Waals surface area (Å²) in [7, 11) is 0. The van der Waals surface area contributed by atoms with Gasteiger partial charge in [-0.2, -0.15) is 0 Å². The minimum absolute atomic E-state index is 0.944. The van der Waals surface area contributed by atoms with E-state index in [4.69, 9.17) is 0 Å². The summed E-state index contributed by atoms with van der Waals surface area (Å²) in [5, 5.41) is 1.31. The highest BCUT2D eigenvalue weighted by atomic mass is 14.9. The molecule has 0 aliphatic heterocycles. The van der Waals surface area contributed by atoms with Crippen molar-refractivity contribution in [3.63, 3.8) is 0 Å². The number of fused-ring (bicyclic) bond motifs is 1. The number of hydrogen-bond donors (Lipinski definition) is 0. The first-order chi connectivity index (χ1) is 8.74.